The van der Waals surface area contributed by atoms with E-state index < -0.39 is 0 Å². The van der Waals surface area contributed by atoms with Crippen molar-refractivity contribution < 1.29 is 0 Å². The highest BCUT2D eigenvalue weighted by molar-refractivity contribution is 7.73. The highest BCUT2D eigenvalue weighted by atomic mass is 31.1. The van der Waals surface area contributed by atoms with Gasteiger partial charge in [-0.3, -0.25) is 0 Å². The second kappa shape index (κ2) is 15.8. The summed E-state index contributed by atoms with van der Waals surface area (Å²) < 4.78 is 0. The lowest BCUT2D eigenvalue weighted by molar-refractivity contribution is 0.272. The first-order valence-electron chi connectivity index (χ1n) is 14.2. The van der Waals surface area contributed by atoms with Crippen molar-refractivity contribution in [3.05, 3.63) is 60.7 Å². The average Bonchev–Trinajstić information content (AvgIpc) is 2.91. The van der Waals surface area contributed by atoms with Gasteiger partial charge in [-0.05, 0) is 110 Å². The number of rotatable bonds is 15. The molecule has 3 N–H and O–H groups in total. The van der Waals surface area contributed by atoms with Gasteiger partial charge in [0.15, 0.2) is 0 Å². The van der Waals surface area contributed by atoms with E-state index >= 15 is 0 Å². The third-order valence-electron chi connectivity index (χ3n) is 7.98. The minimum atomic E-state index is -0.290. The summed E-state index contributed by atoms with van der Waals surface area (Å²) in [4.78, 5) is 2.30. The topological polar surface area (TPSA) is 39.3 Å². The molecule has 36 heavy (non-hydrogen) atoms. The van der Waals surface area contributed by atoms with Gasteiger partial charge < -0.3 is 20.9 Å². The second-order valence-corrected chi connectivity index (χ2v) is 13.4. The molecule has 3 unspecified atom stereocenters. The monoisotopic (exact) mass is 510 g/mol. The van der Waals surface area contributed by atoms with Crippen LogP contribution in [0.25, 0.3) is 0 Å². The second-order valence-electron chi connectivity index (χ2n) is 10.9. The first-order valence-corrected chi connectivity index (χ1v) is 15.6. The van der Waals surface area contributed by atoms with Gasteiger partial charge in [0.1, 0.15) is 0 Å². The smallest absolute Gasteiger partial charge is 0.0206 e. The molecule has 5 heteroatoms. The Labute approximate surface area is 222 Å². The van der Waals surface area contributed by atoms with Gasteiger partial charge >= 0.3 is 0 Å². The van der Waals surface area contributed by atoms with E-state index in [-0.39, 0.29) is 7.92 Å². The molecule has 0 heterocycles. The third-order valence-corrected chi connectivity index (χ3v) is 10.9. The van der Waals surface area contributed by atoms with Gasteiger partial charge in [0.05, 0.1) is 0 Å². The predicted octanol–water partition coefficient (Wildman–Crippen LogP) is 4.56. The molecular formula is C31H51N4P. The van der Waals surface area contributed by atoms with Crippen molar-refractivity contribution in [2.45, 2.75) is 75.7 Å². The Morgan fingerprint density at radius 2 is 1.31 bits per heavy atom. The van der Waals surface area contributed by atoms with Crippen LogP contribution in [-0.2, 0) is 0 Å². The van der Waals surface area contributed by atoms with Gasteiger partial charge in [-0.1, -0.05) is 67.6 Å². The van der Waals surface area contributed by atoms with Crippen LogP contribution in [0.2, 0.25) is 0 Å². The van der Waals surface area contributed by atoms with E-state index in [0.717, 1.165) is 24.7 Å². The summed E-state index contributed by atoms with van der Waals surface area (Å²) in [6.07, 6.45) is 8.94. The van der Waals surface area contributed by atoms with Crippen molar-refractivity contribution in [1.82, 2.24) is 20.9 Å². The summed E-state index contributed by atoms with van der Waals surface area (Å²) in [6, 6.07) is 24.2. The molecule has 0 amide bonds. The predicted molar refractivity (Wildman–Crippen MR) is 160 cm³/mol. The maximum absolute atomic E-state index is 4.04. The molecule has 0 spiro atoms. The fourth-order valence-electron chi connectivity index (χ4n) is 5.85. The minimum absolute atomic E-state index is 0.290. The lowest BCUT2D eigenvalue weighted by Crippen LogP contribution is -2.46. The molecule has 2 aromatic rings. The first kappa shape index (κ1) is 29.3. The third kappa shape index (κ3) is 9.23. The van der Waals surface area contributed by atoms with Crippen LogP contribution in [0.15, 0.2) is 60.7 Å². The van der Waals surface area contributed by atoms with E-state index in [9.17, 15) is 0 Å². The maximum Gasteiger partial charge on any atom is 0.0206 e. The molecule has 0 radical (unpaired) electrons. The van der Waals surface area contributed by atoms with E-state index in [1.165, 1.54) is 55.6 Å². The van der Waals surface area contributed by atoms with Crippen molar-refractivity contribution >= 4 is 18.5 Å². The number of hydrogen-bond donors (Lipinski definition) is 3. The van der Waals surface area contributed by atoms with Crippen LogP contribution >= 0.6 is 7.92 Å². The number of nitrogens with zero attached hydrogens (tertiary/aromatic N) is 1. The van der Waals surface area contributed by atoms with E-state index in [1.807, 2.05) is 0 Å². The molecule has 0 saturated heterocycles. The molecule has 1 fully saturated rings. The van der Waals surface area contributed by atoms with Gasteiger partial charge in [-0.25, -0.2) is 0 Å². The molecule has 2 aromatic carbocycles. The first-order chi connectivity index (χ1) is 17.5. The van der Waals surface area contributed by atoms with Crippen LogP contribution in [0.5, 0.6) is 0 Å². The Balaban J connectivity index is 1.59. The average molecular weight is 511 g/mol. The number of nitrogens with one attached hydrogen (secondary N) is 3. The SMILES string of the molecule is CCC(CC(CC(CN(C)C)NC)NCC1CCC(P(c2ccccc2)c2ccccc2)CC1)NC. The summed E-state index contributed by atoms with van der Waals surface area (Å²) in [5, 5.41) is 14.2. The highest BCUT2D eigenvalue weighted by Gasteiger charge is 2.30. The van der Waals surface area contributed by atoms with Crippen molar-refractivity contribution in [3.63, 3.8) is 0 Å². The molecular weight excluding hydrogens is 459 g/mol. The Bertz CT molecular complexity index is 779. The van der Waals surface area contributed by atoms with Crippen LogP contribution in [0, 0.1) is 5.92 Å². The van der Waals surface area contributed by atoms with Crippen molar-refractivity contribution in [1.29, 1.82) is 0 Å². The molecule has 0 bridgehead atoms. The van der Waals surface area contributed by atoms with Crippen LogP contribution in [0.3, 0.4) is 0 Å². The lowest BCUT2D eigenvalue weighted by atomic mass is 9.88. The molecule has 1 saturated carbocycles. The zero-order valence-electron chi connectivity index (χ0n) is 23.4. The van der Waals surface area contributed by atoms with Crippen LogP contribution in [0.1, 0.15) is 51.9 Å². The summed E-state index contributed by atoms with van der Waals surface area (Å²) >= 11 is 0. The summed E-state index contributed by atoms with van der Waals surface area (Å²) in [6.45, 7) is 4.54. The quantitative estimate of drug-likeness (QED) is 0.307. The van der Waals surface area contributed by atoms with Crippen molar-refractivity contribution in [2.24, 2.45) is 5.92 Å². The Hall–Kier alpha value is -1.29. The number of likely N-dealkylation sites (N-methyl/N-ethyl adjacent to an activating group) is 2. The normalized spacial score (nSPS) is 21.0. The minimum Gasteiger partial charge on any atom is -0.317 e. The maximum atomic E-state index is 4.04. The van der Waals surface area contributed by atoms with Crippen molar-refractivity contribution in [3.8, 4) is 0 Å². The molecule has 3 atom stereocenters. The molecule has 1 aliphatic rings. The highest BCUT2D eigenvalue weighted by Crippen LogP contribution is 2.47. The Morgan fingerprint density at radius 3 is 1.78 bits per heavy atom. The molecule has 0 aromatic heterocycles. The molecule has 0 aliphatic heterocycles. The van der Waals surface area contributed by atoms with E-state index in [2.05, 4.69) is 117 Å². The zero-order valence-corrected chi connectivity index (χ0v) is 24.3. The lowest BCUT2D eigenvalue weighted by Gasteiger charge is -2.36. The van der Waals surface area contributed by atoms with E-state index in [4.69, 9.17) is 0 Å². The van der Waals surface area contributed by atoms with Crippen LogP contribution in [0.4, 0.5) is 0 Å². The number of hydrogen-bond acceptors (Lipinski definition) is 4. The summed E-state index contributed by atoms with van der Waals surface area (Å²) in [5.41, 5.74) is 0.791. The standard InChI is InChI=1S/C31H51N4P/c1-6-26(32-2)21-27(22-28(33-3)24-35(4)5)34-23-25-17-19-31(20-18-25)36(29-13-9-7-10-14-29)30-15-11-8-12-16-30/h7-16,25-28,31-34H,6,17-24H2,1-5H3. The van der Waals surface area contributed by atoms with Gasteiger partial charge in [-0.15, -0.1) is 0 Å². The molecule has 200 valence electrons. The van der Waals surface area contributed by atoms with Gasteiger partial charge in [0, 0.05) is 24.7 Å². The van der Waals surface area contributed by atoms with Crippen LogP contribution in [-0.4, -0.2) is 70.0 Å². The van der Waals surface area contributed by atoms with Gasteiger partial charge in [0.25, 0.3) is 0 Å². The van der Waals surface area contributed by atoms with Crippen molar-refractivity contribution in [2.75, 3.05) is 41.3 Å². The Kier molecular flexibility index (Phi) is 12.9. The molecule has 3 rings (SSSR count). The largest absolute Gasteiger partial charge is 0.317 e. The Morgan fingerprint density at radius 1 is 0.778 bits per heavy atom. The summed E-state index contributed by atoms with van der Waals surface area (Å²) in [5.74, 6) is 0.795. The zero-order chi connectivity index (χ0) is 25.8. The van der Waals surface area contributed by atoms with Crippen LogP contribution < -0.4 is 26.6 Å². The molecule has 1 aliphatic carbocycles. The van der Waals surface area contributed by atoms with E-state index in [0.29, 0.717) is 18.1 Å². The fourth-order valence-corrected chi connectivity index (χ4v) is 8.79. The number of benzene rings is 2. The van der Waals surface area contributed by atoms with Gasteiger partial charge in [-0.2, -0.15) is 0 Å². The fraction of sp³-hybridized carbons (Fsp3) is 0.613. The van der Waals surface area contributed by atoms with Gasteiger partial charge in [0.2, 0.25) is 0 Å². The summed E-state index contributed by atoms with van der Waals surface area (Å²) in [7, 11) is 8.28. The van der Waals surface area contributed by atoms with E-state index in [1.54, 1.807) is 0 Å². The molecule has 4 nitrogen and oxygen atoms in total.